The highest BCUT2D eigenvalue weighted by molar-refractivity contribution is 6.08. The minimum absolute atomic E-state index is 0.0623. The molecule has 1 atom stereocenters. The molecule has 1 aliphatic rings. The van der Waals surface area contributed by atoms with Crippen LogP contribution in [0.4, 0.5) is 5.69 Å². The third-order valence-electron chi connectivity index (χ3n) is 4.07. The molecule has 9 nitrogen and oxygen atoms in total. The van der Waals surface area contributed by atoms with Crippen molar-refractivity contribution in [2.45, 2.75) is 19.4 Å². The van der Waals surface area contributed by atoms with Crippen LogP contribution in [0.3, 0.4) is 0 Å². The van der Waals surface area contributed by atoms with Crippen LogP contribution in [0.25, 0.3) is 0 Å². The highest BCUT2D eigenvalue weighted by Gasteiger charge is 2.34. The predicted octanol–water partition coefficient (Wildman–Crippen LogP) is 0.568. The van der Waals surface area contributed by atoms with Gasteiger partial charge in [-0.15, -0.1) is 0 Å². The fourth-order valence-corrected chi connectivity index (χ4v) is 2.63. The number of esters is 1. The van der Waals surface area contributed by atoms with Crippen molar-refractivity contribution in [3.63, 3.8) is 0 Å². The van der Waals surface area contributed by atoms with E-state index in [0.717, 1.165) is 5.56 Å². The van der Waals surface area contributed by atoms with E-state index >= 15 is 0 Å². The number of hydrogen-bond donors (Lipinski definition) is 2. The second-order valence-electron chi connectivity index (χ2n) is 5.96. The maximum atomic E-state index is 12.4. The monoisotopic (exact) mass is 363 g/mol. The van der Waals surface area contributed by atoms with E-state index in [1.165, 1.54) is 18.9 Å². The largest absolute Gasteiger partial charge is 0.466 e. The number of ether oxygens (including phenoxy) is 1. The molecule has 26 heavy (non-hydrogen) atoms. The Labute approximate surface area is 150 Å². The van der Waals surface area contributed by atoms with Crippen LogP contribution in [0.1, 0.15) is 12.5 Å². The minimum Gasteiger partial charge on any atom is -0.466 e. The lowest BCUT2D eigenvalue weighted by atomic mass is 10.1. The summed E-state index contributed by atoms with van der Waals surface area (Å²) in [5.41, 5.74) is 1.66. The van der Waals surface area contributed by atoms with Gasteiger partial charge in [-0.2, -0.15) is 0 Å². The Kier molecular flexibility index (Phi) is 6.29. The van der Waals surface area contributed by atoms with Crippen LogP contribution in [-0.4, -0.2) is 59.7 Å². The zero-order valence-corrected chi connectivity index (χ0v) is 14.6. The summed E-state index contributed by atoms with van der Waals surface area (Å²) in [6.07, 6.45) is 0.298. The number of carbonyl (C=O) groups is 2. The molecule has 1 amide bonds. The number of amides is 1. The second-order valence-corrected chi connectivity index (χ2v) is 5.96. The lowest BCUT2D eigenvalue weighted by molar-refractivity contribution is -0.517. The fraction of sp³-hybridized carbons (Fsp3) is 0.412. The zero-order chi connectivity index (χ0) is 19.3. The first-order chi connectivity index (χ1) is 12.4. The normalized spacial score (nSPS) is 15.2. The van der Waals surface area contributed by atoms with E-state index in [1.807, 2.05) is 0 Å². The average Bonchev–Trinajstić information content (AvgIpc) is 2.92. The van der Waals surface area contributed by atoms with Crippen molar-refractivity contribution in [2.75, 3.05) is 32.1 Å². The predicted molar refractivity (Wildman–Crippen MR) is 92.9 cm³/mol. The number of nitro groups is 1. The molecule has 0 fully saturated rings. The van der Waals surface area contributed by atoms with E-state index in [-0.39, 0.29) is 35.9 Å². The summed E-state index contributed by atoms with van der Waals surface area (Å²) >= 11 is 0. The first-order valence-corrected chi connectivity index (χ1v) is 8.08. The Bertz CT molecular complexity index is 729. The number of methoxy groups -OCH3 is 1. The molecule has 1 aromatic carbocycles. The molecule has 1 unspecified atom stereocenters. The Morgan fingerprint density at radius 2 is 2.08 bits per heavy atom. The molecule has 0 spiro atoms. The number of benzene rings is 1. The van der Waals surface area contributed by atoms with Crippen LogP contribution in [0.2, 0.25) is 0 Å². The van der Waals surface area contributed by atoms with Gasteiger partial charge in [0.25, 0.3) is 5.91 Å². The molecule has 2 N–H and O–H groups in total. The molecule has 1 aromatic rings. The molecule has 9 heteroatoms. The number of hydrogen-bond acceptors (Lipinski definition) is 7. The van der Waals surface area contributed by atoms with Crippen LogP contribution in [0.15, 0.2) is 35.5 Å². The summed E-state index contributed by atoms with van der Waals surface area (Å²) in [7, 11) is 1.23. The van der Waals surface area contributed by atoms with Gasteiger partial charge in [0.05, 0.1) is 25.8 Å². The van der Waals surface area contributed by atoms with Gasteiger partial charge in [-0.25, -0.2) is 4.79 Å². The molecule has 0 saturated heterocycles. The van der Waals surface area contributed by atoms with Crippen LogP contribution in [-0.2, 0) is 20.7 Å². The quantitative estimate of drug-likeness (QED) is 0.393. The first-order valence-electron chi connectivity index (χ1n) is 8.08. The lowest BCUT2D eigenvalue weighted by Gasteiger charge is -2.15. The van der Waals surface area contributed by atoms with Crippen LogP contribution >= 0.6 is 0 Å². The first kappa shape index (κ1) is 19.4. The summed E-state index contributed by atoms with van der Waals surface area (Å²) in [5, 5.41) is 22.7. The maximum absolute atomic E-state index is 12.4. The fourth-order valence-electron chi connectivity index (χ4n) is 2.63. The number of β-amino-alcohol motifs (C(OH)–C–C–N with tert-alkyl or cyclic N) is 1. The van der Waals surface area contributed by atoms with Gasteiger partial charge in [-0.3, -0.25) is 14.9 Å². The summed E-state index contributed by atoms with van der Waals surface area (Å²) in [6.45, 7) is 1.50. The van der Waals surface area contributed by atoms with E-state index in [9.17, 15) is 19.7 Å². The summed E-state index contributed by atoms with van der Waals surface area (Å²) < 4.78 is 4.72. The highest BCUT2D eigenvalue weighted by atomic mass is 16.6. The van der Waals surface area contributed by atoms with Crippen molar-refractivity contribution < 1.29 is 24.4 Å². The van der Waals surface area contributed by atoms with Gasteiger partial charge < -0.3 is 20.1 Å². The molecule has 0 aromatic heterocycles. The minimum atomic E-state index is -0.689. The van der Waals surface area contributed by atoms with Gasteiger partial charge in [-0.1, -0.05) is 12.1 Å². The molecule has 0 saturated carbocycles. The molecule has 2 rings (SSSR count). The number of nitrogens with one attached hydrogen (secondary N) is 1. The number of rotatable bonds is 8. The van der Waals surface area contributed by atoms with Gasteiger partial charge in [0.2, 0.25) is 6.04 Å². The van der Waals surface area contributed by atoms with E-state index < -0.39 is 17.9 Å². The summed E-state index contributed by atoms with van der Waals surface area (Å²) in [6, 6.07) is 6.14. The Morgan fingerprint density at radius 3 is 2.62 bits per heavy atom. The molecular weight excluding hydrogens is 342 g/mol. The number of aliphatic hydroxyl groups is 1. The van der Waals surface area contributed by atoms with E-state index in [4.69, 9.17) is 9.84 Å². The lowest BCUT2D eigenvalue weighted by Crippen LogP contribution is -2.31. The topological polar surface area (TPSA) is 122 Å². The zero-order valence-electron chi connectivity index (χ0n) is 14.6. The molecule has 1 aliphatic heterocycles. The van der Waals surface area contributed by atoms with Crippen molar-refractivity contribution >= 4 is 17.6 Å². The molecular formula is C17H21N3O6. The van der Waals surface area contributed by atoms with Crippen molar-refractivity contribution in [1.82, 2.24) is 4.90 Å². The molecule has 0 aliphatic carbocycles. The number of nitrogens with zero attached hydrogens (tertiary/aromatic N) is 2. The van der Waals surface area contributed by atoms with Gasteiger partial charge in [0, 0.05) is 30.5 Å². The number of aliphatic hydroxyl groups excluding tert-OH is 1. The van der Waals surface area contributed by atoms with Crippen molar-refractivity contribution in [3.05, 3.63) is 51.2 Å². The molecule has 0 bridgehead atoms. The van der Waals surface area contributed by atoms with Crippen LogP contribution in [0, 0.1) is 10.1 Å². The third kappa shape index (κ3) is 4.37. The SMILES string of the molecule is COC(=O)C1=C(Nc2ccc(CC(C)[N+](=O)[O-])cc2)C(=O)N(CCO)C1. The van der Waals surface area contributed by atoms with Crippen LogP contribution in [0.5, 0.6) is 0 Å². The standard InChI is InChI=1S/C17H21N3O6/c1-11(20(24)25)9-12-3-5-13(6-4-12)18-15-14(17(23)26-2)10-19(7-8-21)16(15)22/h3-6,11,18,21H,7-10H2,1-2H3. The van der Waals surface area contributed by atoms with Crippen molar-refractivity contribution in [3.8, 4) is 0 Å². The third-order valence-corrected chi connectivity index (χ3v) is 4.07. The Morgan fingerprint density at radius 1 is 1.42 bits per heavy atom. The smallest absolute Gasteiger partial charge is 0.337 e. The van der Waals surface area contributed by atoms with E-state index in [0.29, 0.717) is 12.1 Å². The van der Waals surface area contributed by atoms with Gasteiger partial charge in [0.1, 0.15) is 5.70 Å². The van der Waals surface area contributed by atoms with Gasteiger partial charge >= 0.3 is 5.97 Å². The highest BCUT2D eigenvalue weighted by Crippen LogP contribution is 2.23. The Balaban J connectivity index is 2.17. The summed E-state index contributed by atoms with van der Waals surface area (Å²) in [5.74, 6) is -1.01. The number of anilines is 1. The summed E-state index contributed by atoms with van der Waals surface area (Å²) in [4.78, 5) is 36.1. The molecule has 1 heterocycles. The van der Waals surface area contributed by atoms with E-state index in [2.05, 4.69) is 5.32 Å². The van der Waals surface area contributed by atoms with Crippen molar-refractivity contribution in [2.24, 2.45) is 0 Å². The van der Waals surface area contributed by atoms with Gasteiger partial charge in [0.15, 0.2) is 0 Å². The second kappa shape index (κ2) is 8.43. The van der Waals surface area contributed by atoms with E-state index in [1.54, 1.807) is 24.3 Å². The average molecular weight is 363 g/mol. The molecule has 0 radical (unpaired) electrons. The molecule has 140 valence electrons. The van der Waals surface area contributed by atoms with Gasteiger partial charge in [-0.05, 0) is 17.7 Å². The maximum Gasteiger partial charge on any atom is 0.337 e. The van der Waals surface area contributed by atoms with Crippen molar-refractivity contribution in [1.29, 1.82) is 0 Å². The number of carbonyl (C=O) groups excluding carboxylic acids is 2. The Hall–Kier alpha value is -2.94. The van der Waals surface area contributed by atoms with Crippen LogP contribution < -0.4 is 5.32 Å².